The minimum absolute atomic E-state index is 0.0520. The highest BCUT2D eigenvalue weighted by Crippen LogP contribution is 2.24. The standard InChI is InChI=1S/C8H15NO4/c10-6-3-8(13)1-4-9(5-2-8)7(11)12/h10,13H,1-6H2,(H,11,12). The van der Waals surface area contributed by atoms with Crippen LogP contribution in [0.1, 0.15) is 19.3 Å². The first-order valence-corrected chi connectivity index (χ1v) is 4.38. The van der Waals surface area contributed by atoms with Gasteiger partial charge in [-0.05, 0) is 19.3 Å². The van der Waals surface area contributed by atoms with Crippen molar-refractivity contribution in [3.8, 4) is 0 Å². The Morgan fingerprint density at radius 1 is 1.38 bits per heavy atom. The van der Waals surface area contributed by atoms with Crippen molar-refractivity contribution in [3.63, 3.8) is 0 Å². The quantitative estimate of drug-likeness (QED) is 0.565. The normalized spacial score (nSPS) is 21.5. The molecule has 0 aliphatic carbocycles. The minimum atomic E-state index is -0.939. The van der Waals surface area contributed by atoms with Gasteiger partial charge in [0.2, 0.25) is 0 Å². The maximum atomic E-state index is 10.5. The topological polar surface area (TPSA) is 81.0 Å². The summed E-state index contributed by atoms with van der Waals surface area (Å²) in [5, 5.41) is 27.1. The number of amides is 1. The summed E-state index contributed by atoms with van der Waals surface area (Å²) in [6.45, 7) is 0.654. The van der Waals surface area contributed by atoms with Gasteiger partial charge >= 0.3 is 6.09 Å². The van der Waals surface area contributed by atoms with Crippen molar-refractivity contribution in [2.24, 2.45) is 0 Å². The molecule has 0 atom stereocenters. The van der Waals surface area contributed by atoms with Gasteiger partial charge in [-0.1, -0.05) is 0 Å². The summed E-state index contributed by atoms with van der Waals surface area (Å²) in [7, 11) is 0. The maximum Gasteiger partial charge on any atom is 0.407 e. The molecule has 0 radical (unpaired) electrons. The summed E-state index contributed by atoms with van der Waals surface area (Å²) >= 11 is 0. The Labute approximate surface area is 76.6 Å². The maximum absolute atomic E-state index is 10.5. The molecule has 0 aromatic heterocycles. The van der Waals surface area contributed by atoms with E-state index in [0.717, 1.165) is 0 Å². The van der Waals surface area contributed by atoms with Gasteiger partial charge in [0.1, 0.15) is 0 Å². The van der Waals surface area contributed by atoms with Gasteiger partial charge in [0.05, 0.1) is 5.60 Å². The zero-order valence-electron chi connectivity index (χ0n) is 7.44. The van der Waals surface area contributed by atoms with E-state index in [-0.39, 0.29) is 6.61 Å². The van der Waals surface area contributed by atoms with Crippen molar-refractivity contribution in [1.82, 2.24) is 4.90 Å². The van der Waals surface area contributed by atoms with Gasteiger partial charge in [-0.15, -0.1) is 0 Å². The molecule has 0 aromatic carbocycles. The molecule has 1 heterocycles. The second-order valence-corrected chi connectivity index (χ2v) is 3.47. The number of carbonyl (C=O) groups is 1. The van der Waals surface area contributed by atoms with Gasteiger partial charge in [0, 0.05) is 19.7 Å². The molecule has 0 unspecified atom stereocenters. The van der Waals surface area contributed by atoms with E-state index in [1.165, 1.54) is 4.90 Å². The lowest BCUT2D eigenvalue weighted by atomic mass is 9.89. The van der Waals surface area contributed by atoms with E-state index in [2.05, 4.69) is 0 Å². The molecule has 1 rings (SSSR count). The number of piperidine rings is 1. The van der Waals surface area contributed by atoms with Crippen LogP contribution < -0.4 is 0 Å². The second kappa shape index (κ2) is 3.93. The molecule has 76 valence electrons. The number of likely N-dealkylation sites (tertiary alicyclic amines) is 1. The van der Waals surface area contributed by atoms with Crippen molar-refractivity contribution in [2.45, 2.75) is 24.9 Å². The number of aliphatic hydroxyl groups is 2. The average Bonchev–Trinajstić information content (AvgIpc) is 2.05. The van der Waals surface area contributed by atoms with Crippen LogP contribution in [0.25, 0.3) is 0 Å². The van der Waals surface area contributed by atoms with Crippen molar-refractivity contribution in [2.75, 3.05) is 19.7 Å². The molecule has 3 N–H and O–H groups in total. The van der Waals surface area contributed by atoms with Crippen LogP contribution in [-0.4, -0.2) is 51.6 Å². The largest absolute Gasteiger partial charge is 0.465 e. The lowest BCUT2D eigenvalue weighted by molar-refractivity contribution is -0.0329. The fourth-order valence-corrected chi connectivity index (χ4v) is 1.57. The number of hydrogen-bond donors (Lipinski definition) is 3. The molecule has 0 bridgehead atoms. The fraction of sp³-hybridized carbons (Fsp3) is 0.875. The average molecular weight is 189 g/mol. The molecule has 0 aromatic rings. The van der Waals surface area contributed by atoms with Gasteiger partial charge in [0.15, 0.2) is 0 Å². The fourth-order valence-electron chi connectivity index (χ4n) is 1.57. The van der Waals surface area contributed by atoms with E-state index in [4.69, 9.17) is 10.2 Å². The van der Waals surface area contributed by atoms with Crippen LogP contribution in [0.5, 0.6) is 0 Å². The van der Waals surface area contributed by atoms with Crippen molar-refractivity contribution >= 4 is 6.09 Å². The molecule has 1 aliphatic heterocycles. The summed E-state index contributed by atoms with van der Waals surface area (Å²) in [6, 6.07) is 0. The summed E-state index contributed by atoms with van der Waals surface area (Å²) in [6.07, 6.45) is 0.228. The highest BCUT2D eigenvalue weighted by molar-refractivity contribution is 5.65. The number of nitrogens with zero attached hydrogens (tertiary/aromatic N) is 1. The molecule has 0 spiro atoms. The lowest BCUT2D eigenvalue weighted by Crippen LogP contribution is -2.46. The van der Waals surface area contributed by atoms with Gasteiger partial charge in [-0.25, -0.2) is 4.79 Å². The summed E-state index contributed by atoms with van der Waals surface area (Å²) in [5.41, 5.74) is -0.860. The molecule has 5 heteroatoms. The Balaban J connectivity index is 2.41. The third kappa shape index (κ3) is 2.57. The van der Waals surface area contributed by atoms with E-state index in [9.17, 15) is 9.90 Å². The highest BCUT2D eigenvalue weighted by atomic mass is 16.4. The first-order valence-electron chi connectivity index (χ1n) is 4.38. The van der Waals surface area contributed by atoms with Crippen LogP contribution in [-0.2, 0) is 0 Å². The number of carboxylic acid groups (broad SMARTS) is 1. The van der Waals surface area contributed by atoms with E-state index in [0.29, 0.717) is 32.4 Å². The van der Waals surface area contributed by atoms with Gasteiger partial charge in [0.25, 0.3) is 0 Å². The third-order valence-corrected chi connectivity index (χ3v) is 2.54. The molecule has 1 fully saturated rings. The van der Waals surface area contributed by atoms with E-state index >= 15 is 0 Å². The molecule has 0 saturated carbocycles. The number of hydrogen-bond acceptors (Lipinski definition) is 3. The van der Waals surface area contributed by atoms with Crippen LogP contribution in [0.3, 0.4) is 0 Å². The molecular formula is C8H15NO4. The van der Waals surface area contributed by atoms with E-state index in [1.807, 2.05) is 0 Å². The predicted octanol–water partition coefficient (Wildman–Crippen LogP) is -0.126. The van der Waals surface area contributed by atoms with Crippen LogP contribution >= 0.6 is 0 Å². The predicted molar refractivity (Wildman–Crippen MR) is 45.5 cm³/mol. The van der Waals surface area contributed by atoms with Gasteiger partial charge < -0.3 is 20.2 Å². The Morgan fingerprint density at radius 3 is 2.31 bits per heavy atom. The highest BCUT2D eigenvalue weighted by Gasteiger charge is 2.33. The Morgan fingerprint density at radius 2 is 1.92 bits per heavy atom. The molecule has 1 aliphatic rings. The summed E-state index contributed by atoms with van der Waals surface area (Å²) in [4.78, 5) is 11.8. The first-order chi connectivity index (χ1) is 6.07. The van der Waals surface area contributed by atoms with Crippen LogP contribution in [0, 0.1) is 0 Å². The Bertz CT molecular complexity index is 187. The van der Waals surface area contributed by atoms with Crippen LogP contribution in [0.4, 0.5) is 4.79 Å². The van der Waals surface area contributed by atoms with Crippen molar-refractivity contribution in [1.29, 1.82) is 0 Å². The number of aliphatic hydroxyl groups excluding tert-OH is 1. The summed E-state index contributed by atoms with van der Waals surface area (Å²) < 4.78 is 0. The second-order valence-electron chi connectivity index (χ2n) is 3.47. The number of rotatable bonds is 2. The minimum Gasteiger partial charge on any atom is -0.465 e. The molecule has 5 nitrogen and oxygen atoms in total. The molecular weight excluding hydrogens is 174 g/mol. The van der Waals surface area contributed by atoms with Gasteiger partial charge in [-0.2, -0.15) is 0 Å². The zero-order chi connectivity index (χ0) is 9.90. The van der Waals surface area contributed by atoms with Gasteiger partial charge in [-0.3, -0.25) is 0 Å². The van der Waals surface area contributed by atoms with Crippen LogP contribution in [0.2, 0.25) is 0 Å². The third-order valence-electron chi connectivity index (χ3n) is 2.54. The Hall–Kier alpha value is -0.810. The van der Waals surface area contributed by atoms with Crippen molar-refractivity contribution in [3.05, 3.63) is 0 Å². The van der Waals surface area contributed by atoms with Crippen molar-refractivity contribution < 1.29 is 20.1 Å². The molecule has 13 heavy (non-hydrogen) atoms. The van der Waals surface area contributed by atoms with E-state index in [1.54, 1.807) is 0 Å². The van der Waals surface area contributed by atoms with E-state index < -0.39 is 11.7 Å². The monoisotopic (exact) mass is 189 g/mol. The first kappa shape index (κ1) is 10.3. The molecule has 1 amide bonds. The smallest absolute Gasteiger partial charge is 0.407 e. The molecule has 1 saturated heterocycles. The SMILES string of the molecule is O=C(O)N1CCC(O)(CCO)CC1. The Kier molecular flexibility index (Phi) is 3.11. The lowest BCUT2D eigenvalue weighted by Gasteiger charge is -2.36. The summed E-state index contributed by atoms with van der Waals surface area (Å²) in [5.74, 6) is 0. The van der Waals surface area contributed by atoms with Crippen LogP contribution in [0.15, 0.2) is 0 Å². The zero-order valence-corrected chi connectivity index (χ0v) is 7.44.